The van der Waals surface area contributed by atoms with E-state index in [4.69, 9.17) is 10.5 Å². The van der Waals surface area contributed by atoms with E-state index in [1.54, 1.807) is 12.1 Å². The summed E-state index contributed by atoms with van der Waals surface area (Å²) >= 11 is 0. The molecule has 0 aromatic carbocycles. The Bertz CT molecular complexity index is 396. The summed E-state index contributed by atoms with van der Waals surface area (Å²) in [5, 5.41) is 2.81. The van der Waals surface area contributed by atoms with E-state index in [2.05, 4.69) is 10.3 Å². The third kappa shape index (κ3) is 6.17. The van der Waals surface area contributed by atoms with E-state index >= 15 is 0 Å². The van der Waals surface area contributed by atoms with Gasteiger partial charge in [0.15, 0.2) is 0 Å². The summed E-state index contributed by atoms with van der Waals surface area (Å²) in [5.41, 5.74) is 6.09. The lowest BCUT2D eigenvalue weighted by Gasteiger charge is -2.11. The maximum Gasteiger partial charge on any atom is 0.389 e. The molecule has 1 aromatic rings. The zero-order valence-corrected chi connectivity index (χ0v) is 10.8. The lowest BCUT2D eigenvalue weighted by atomic mass is 10.3. The van der Waals surface area contributed by atoms with Crippen LogP contribution in [0.5, 0.6) is 5.88 Å². The van der Waals surface area contributed by atoms with Crippen LogP contribution in [-0.2, 0) is 0 Å². The summed E-state index contributed by atoms with van der Waals surface area (Å²) in [4.78, 5) is 4.10. The maximum absolute atomic E-state index is 12.0. The standard InChI is InChI=1S/C12H18F3N3O/c1-2-8-19-11-9(16)4-5-10(18-11)17-7-3-6-12(13,14)15/h4-5H,2-3,6-8,16H2,1H3,(H,17,18). The molecule has 0 aliphatic heterocycles. The molecule has 0 bridgehead atoms. The second-order valence-electron chi connectivity index (χ2n) is 4.08. The van der Waals surface area contributed by atoms with Crippen LogP contribution in [0.3, 0.4) is 0 Å². The van der Waals surface area contributed by atoms with Crippen molar-refractivity contribution in [1.29, 1.82) is 0 Å². The van der Waals surface area contributed by atoms with E-state index in [1.165, 1.54) is 0 Å². The van der Waals surface area contributed by atoms with Gasteiger partial charge in [-0.1, -0.05) is 6.92 Å². The number of nitrogens with two attached hydrogens (primary N) is 1. The molecule has 0 saturated heterocycles. The van der Waals surface area contributed by atoms with Crippen LogP contribution in [0.4, 0.5) is 24.7 Å². The zero-order valence-electron chi connectivity index (χ0n) is 10.8. The van der Waals surface area contributed by atoms with Gasteiger partial charge in [-0.15, -0.1) is 0 Å². The fraction of sp³-hybridized carbons (Fsp3) is 0.583. The number of nitrogen functional groups attached to an aromatic ring is 1. The number of nitrogens with zero attached hydrogens (tertiary/aromatic N) is 1. The second-order valence-corrected chi connectivity index (χ2v) is 4.08. The molecule has 1 rings (SSSR count). The van der Waals surface area contributed by atoms with E-state index in [9.17, 15) is 13.2 Å². The smallest absolute Gasteiger partial charge is 0.389 e. The van der Waals surface area contributed by atoms with Crippen LogP contribution in [0, 0.1) is 0 Å². The van der Waals surface area contributed by atoms with Crippen LogP contribution in [0.2, 0.25) is 0 Å². The van der Waals surface area contributed by atoms with Crippen LogP contribution in [0.1, 0.15) is 26.2 Å². The molecule has 1 heterocycles. The summed E-state index contributed by atoms with van der Waals surface area (Å²) in [6.45, 7) is 2.65. The maximum atomic E-state index is 12.0. The minimum Gasteiger partial charge on any atom is -0.476 e. The van der Waals surface area contributed by atoms with Crippen LogP contribution >= 0.6 is 0 Å². The minimum absolute atomic E-state index is 0.000701. The molecule has 0 aliphatic rings. The fourth-order valence-corrected chi connectivity index (χ4v) is 1.37. The molecular formula is C12H18F3N3O. The summed E-state index contributed by atoms with van der Waals surface area (Å²) in [6, 6.07) is 3.23. The van der Waals surface area contributed by atoms with Crippen molar-refractivity contribution >= 4 is 11.5 Å². The number of halogens is 3. The highest BCUT2D eigenvalue weighted by Gasteiger charge is 2.25. The summed E-state index contributed by atoms with van der Waals surface area (Å²) in [6.07, 6.45) is -4.11. The molecule has 0 spiro atoms. The van der Waals surface area contributed by atoms with E-state index in [-0.39, 0.29) is 13.0 Å². The van der Waals surface area contributed by atoms with E-state index < -0.39 is 12.6 Å². The van der Waals surface area contributed by atoms with Crippen molar-refractivity contribution in [2.75, 3.05) is 24.2 Å². The number of hydrogen-bond acceptors (Lipinski definition) is 4. The first-order valence-electron chi connectivity index (χ1n) is 6.12. The predicted octanol–water partition coefficient (Wildman–Crippen LogP) is 3.21. The molecule has 0 fully saturated rings. The van der Waals surface area contributed by atoms with Crippen molar-refractivity contribution in [1.82, 2.24) is 4.98 Å². The summed E-state index contributed by atoms with van der Waals surface area (Å²) in [5.74, 6) is 0.769. The number of alkyl halides is 3. The highest BCUT2D eigenvalue weighted by atomic mass is 19.4. The van der Waals surface area contributed by atoms with Crippen molar-refractivity contribution in [2.45, 2.75) is 32.4 Å². The third-order valence-corrected chi connectivity index (χ3v) is 2.28. The average Bonchev–Trinajstić information content (AvgIpc) is 2.33. The Kier molecular flexibility index (Phi) is 5.72. The third-order valence-electron chi connectivity index (χ3n) is 2.28. The number of hydrogen-bond donors (Lipinski definition) is 2. The molecule has 108 valence electrons. The molecule has 0 unspecified atom stereocenters. The van der Waals surface area contributed by atoms with Crippen molar-refractivity contribution in [3.63, 3.8) is 0 Å². The fourth-order valence-electron chi connectivity index (χ4n) is 1.37. The predicted molar refractivity (Wildman–Crippen MR) is 68.2 cm³/mol. The number of ether oxygens (including phenoxy) is 1. The lowest BCUT2D eigenvalue weighted by molar-refractivity contribution is -0.134. The summed E-state index contributed by atoms with van der Waals surface area (Å²) < 4.78 is 41.2. The summed E-state index contributed by atoms with van der Waals surface area (Å²) in [7, 11) is 0. The Morgan fingerprint density at radius 2 is 2.11 bits per heavy atom. The molecule has 19 heavy (non-hydrogen) atoms. The molecule has 0 amide bonds. The van der Waals surface area contributed by atoms with E-state index in [0.717, 1.165) is 6.42 Å². The monoisotopic (exact) mass is 277 g/mol. The molecule has 7 heteroatoms. The lowest BCUT2D eigenvalue weighted by Crippen LogP contribution is -2.12. The number of pyridine rings is 1. The zero-order chi connectivity index (χ0) is 14.3. The first-order chi connectivity index (χ1) is 8.92. The first kappa shape index (κ1) is 15.4. The highest BCUT2D eigenvalue weighted by molar-refractivity contribution is 5.53. The van der Waals surface area contributed by atoms with Gasteiger partial charge in [-0.25, -0.2) is 0 Å². The Balaban J connectivity index is 2.45. The van der Waals surface area contributed by atoms with Gasteiger partial charge in [-0.2, -0.15) is 18.2 Å². The van der Waals surface area contributed by atoms with Crippen molar-refractivity contribution in [3.8, 4) is 5.88 Å². The first-order valence-corrected chi connectivity index (χ1v) is 6.12. The van der Waals surface area contributed by atoms with Gasteiger partial charge in [0.25, 0.3) is 0 Å². The van der Waals surface area contributed by atoms with Crippen LogP contribution < -0.4 is 15.8 Å². The van der Waals surface area contributed by atoms with E-state index in [1.807, 2.05) is 6.92 Å². The van der Waals surface area contributed by atoms with Gasteiger partial charge < -0.3 is 15.8 Å². The number of aromatic nitrogens is 1. The van der Waals surface area contributed by atoms with Crippen molar-refractivity contribution < 1.29 is 17.9 Å². The van der Waals surface area contributed by atoms with Crippen molar-refractivity contribution in [2.24, 2.45) is 0 Å². The average molecular weight is 277 g/mol. The van der Waals surface area contributed by atoms with E-state index in [0.29, 0.717) is 24.0 Å². The van der Waals surface area contributed by atoms with Crippen molar-refractivity contribution in [3.05, 3.63) is 12.1 Å². The molecule has 0 atom stereocenters. The Hall–Kier alpha value is -1.66. The van der Waals surface area contributed by atoms with Gasteiger partial charge in [0.2, 0.25) is 5.88 Å². The molecule has 1 aromatic heterocycles. The van der Waals surface area contributed by atoms with Gasteiger partial charge in [-0.3, -0.25) is 0 Å². The largest absolute Gasteiger partial charge is 0.476 e. The molecule has 0 radical (unpaired) electrons. The van der Waals surface area contributed by atoms with Gasteiger partial charge in [0, 0.05) is 13.0 Å². The molecule has 3 N–H and O–H groups in total. The number of rotatable bonds is 7. The molecule has 0 saturated carbocycles. The van der Waals surface area contributed by atoms with Gasteiger partial charge >= 0.3 is 6.18 Å². The molecule has 0 aliphatic carbocycles. The van der Waals surface area contributed by atoms with Crippen LogP contribution in [-0.4, -0.2) is 24.3 Å². The van der Waals surface area contributed by atoms with Crippen LogP contribution in [0.15, 0.2) is 12.1 Å². The van der Waals surface area contributed by atoms with Crippen LogP contribution in [0.25, 0.3) is 0 Å². The van der Waals surface area contributed by atoms with Gasteiger partial charge in [-0.05, 0) is 25.0 Å². The minimum atomic E-state index is -4.12. The Morgan fingerprint density at radius 3 is 2.74 bits per heavy atom. The topological polar surface area (TPSA) is 60.2 Å². The Labute approximate surface area is 110 Å². The number of anilines is 2. The highest BCUT2D eigenvalue weighted by Crippen LogP contribution is 2.23. The SMILES string of the molecule is CCCOc1nc(NCCCC(F)(F)F)ccc1N. The second kappa shape index (κ2) is 7.06. The molecular weight excluding hydrogens is 259 g/mol. The normalized spacial score (nSPS) is 11.4. The van der Waals surface area contributed by atoms with Gasteiger partial charge in [0.1, 0.15) is 5.82 Å². The quantitative estimate of drug-likeness (QED) is 0.751. The number of nitrogens with one attached hydrogen (secondary N) is 1. The van der Waals surface area contributed by atoms with Gasteiger partial charge in [0.05, 0.1) is 12.3 Å². The molecule has 4 nitrogen and oxygen atoms in total. The Morgan fingerprint density at radius 1 is 1.37 bits per heavy atom.